The molecule has 0 unspecified atom stereocenters. The Morgan fingerprint density at radius 3 is 2.70 bits per heavy atom. The topological polar surface area (TPSA) is 54.0 Å². The second-order valence-electron chi connectivity index (χ2n) is 5.38. The molecule has 2 amide bonds. The van der Waals surface area contributed by atoms with E-state index >= 15 is 0 Å². The summed E-state index contributed by atoms with van der Waals surface area (Å²) in [6.45, 7) is 4.52. The fourth-order valence-electron chi connectivity index (χ4n) is 2.35. The molecule has 0 saturated carbocycles. The van der Waals surface area contributed by atoms with Crippen LogP contribution in [-0.4, -0.2) is 11.0 Å². The minimum absolute atomic E-state index is 0.270. The van der Waals surface area contributed by atoms with Crippen LogP contribution in [0.4, 0.5) is 9.93 Å². The van der Waals surface area contributed by atoms with E-state index < -0.39 is 0 Å². The average molecular weight is 346 g/mol. The molecule has 0 aliphatic carbocycles. The molecule has 0 fully saturated rings. The van der Waals surface area contributed by atoms with Crippen LogP contribution < -0.4 is 10.6 Å². The third-order valence-electron chi connectivity index (χ3n) is 3.42. The number of hydrogen-bond donors (Lipinski definition) is 2. The Morgan fingerprint density at radius 2 is 1.96 bits per heavy atom. The number of thiazole rings is 1. The van der Waals surface area contributed by atoms with Crippen molar-refractivity contribution in [3.8, 4) is 0 Å². The van der Waals surface area contributed by atoms with Crippen LogP contribution in [0.1, 0.15) is 16.7 Å². The molecule has 2 aromatic carbocycles. The summed E-state index contributed by atoms with van der Waals surface area (Å²) < 4.78 is 1.08. The molecule has 3 aromatic rings. The van der Waals surface area contributed by atoms with E-state index in [2.05, 4.69) is 34.7 Å². The maximum atomic E-state index is 12.0. The van der Waals surface area contributed by atoms with Gasteiger partial charge < -0.3 is 5.32 Å². The third-order valence-corrected chi connectivity index (χ3v) is 4.59. The van der Waals surface area contributed by atoms with E-state index in [1.165, 1.54) is 16.9 Å². The van der Waals surface area contributed by atoms with E-state index in [1.54, 1.807) is 12.1 Å². The smallest absolute Gasteiger partial charge is 0.321 e. The predicted molar refractivity (Wildman–Crippen MR) is 96.4 cm³/mol. The molecule has 0 atom stereocenters. The number of aromatic nitrogens is 1. The summed E-state index contributed by atoms with van der Waals surface area (Å²) in [4.78, 5) is 16.5. The molecule has 118 valence electrons. The number of amides is 2. The highest BCUT2D eigenvalue weighted by Crippen LogP contribution is 2.29. The maximum absolute atomic E-state index is 12.0. The van der Waals surface area contributed by atoms with E-state index in [4.69, 9.17) is 11.6 Å². The molecule has 2 N–H and O–H groups in total. The lowest BCUT2D eigenvalue weighted by Crippen LogP contribution is -2.28. The molecule has 23 heavy (non-hydrogen) atoms. The van der Waals surface area contributed by atoms with Gasteiger partial charge in [-0.25, -0.2) is 9.78 Å². The number of fused-ring (bicyclic) bond motifs is 1. The average Bonchev–Trinajstić information content (AvgIpc) is 2.89. The molecule has 0 aliphatic rings. The lowest BCUT2D eigenvalue weighted by Gasteiger charge is -2.05. The van der Waals surface area contributed by atoms with Crippen LogP contribution in [0.25, 0.3) is 10.2 Å². The summed E-state index contributed by atoms with van der Waals surface area (Å²) in [5, 5.41) is 6.88. The molecule has 0 saturated heterocycles. The standard InChI is InChI=1S/C17H16ClN3OS/c1-10-7-11(2)15-14(8-10)23-17(20-15)21-16(22)19-9-12-3-5-13(18)6-4-12/h3-8H,9H2,1-2H3,(H2,19,20,21,22). The maximum Gasteiger partial charge on any atom is 0.321 e. The number of anilines is 1. The molecular formula is C17H16ClN3OS. The predicted octanol–water partition coefficient (Wildman–Crippen LogP) is 4.89. The lowest BCUT2D eigenvalue weighted by atomic mass is 10.1. The van der Waals surface area contributed by atoms with Gasteiger partial charge >= 0.3 is 6.03 Å². The number of aryl methyl sites for hydroxylation is 2. The first-order valence-corrected chi connectivity index (χ1v) is 8.38. The molecular weight excluding hydrogens is 330 g/mol. The first-order valence-electron chi connectivity index (χ1n) is 7.18. The zero-order chi connectivity index (χ0) is 16.4. The summed E-state index contributed by atoms with van der Waals surface area (Å²) >= 11 is 7.31. The summed E-state index contributed by atoms with van der Waals surface area (Å²) in [5.74, 6) is 0. The molecule has 0 spiro atoms. The van der Waals surface area contributed by atoms with Crippen molar-refractivity contribution in [3.63, 3.8) is 0 Å². The molecule has 0 bridgehead atoms. The fourth-order valence-corrected chi connectivity index (χ4v) is 3.51. The second-order valence-corrected chi connectivity index (χ2v) is 6.85. The molecule has 0 radical (unpaired) electrons. The number of benzene rings is 2. The lowest BCUT2D eigenvalue weighted by molar-refractivity contribution is 0.251. The molecule has 4 nitrogen and oxygen atoms in total. The minimum Gasteiger partial charge on any atom is -0.334 e. The number of rotatable bonds is 3. The number of carbonyl (C=O) groups excluding carboxylic acids is 1. The van der Waals surface area contributed by atoms with Gasteiger partial charge in [0.05, 0.1) is 10.2 Å². The second kappa shape index (κ2) is 6.56. The molecule has 0 aliphatic heterocycles. The van der Waals surface area contributed by atoms with Crippen molar-refractivity contribution in [2.75, 3.05) is 5.32 Å². The van der Waals surface area contributed by atoms with Gasteiger partial charge in [-0.3, -0.25) is 5.32 Å². The fraction of sp³-hybridized carbons (Fsp3) is 0.176. The number of halogens is 1. The Hall–Kier alpha value is -2.11. The Kier molecular flexibility index (Phi) is 4.50. The minimum atomic E-state index is -0.270. The molecule has 3 rings (SSSR count). The highest BCUT2D eigenvalue weighted by Gasteiger charge is 2.09. The number of hydrogen-bond acceptors (Lipinski definition) is 3. The van der Waals surface area contributed by atoms with Gasteiger partial charge in [0, 0.05) is 11.6 Å². The van der Waals surface area contributed by atoms with Crippen molar-refractivity contribution in [1.82, 2.24) is 10.3 Å². The van der Waals surface area contributed by atoms with Gasteiger partial charge in [0.1, 0.15) is 0 Å². The highest BCUT2D eigenvalue weighted by molar-refractivity contribution is 7.22. The van der Waals surface area contributed by atoms with Crippen molar-refractivity contribution in [2.24, 2.45) is 0 Å². The quantitative estimate of drug-likeness (QED) is 0.710. The van der Waals surface area contributed by atoms with Crippen LogP contribution in [0.15, 0.2) is 36.4 Å². The number of carbonyl (C=O) groups is 1. The Bertz CT molecular complexity index is 858. The summed E-state index contributed by atoms with van der Waals surface area (Å²) in [6, 6.07) is 11.3. The number of urea groups is 1. The van der Waals surface area contributed by atoms with Crippen LogP contribution in [0.2, 0.25) is 5.02 Å². The zero-order valence-corrected chi connectivity index (χ0v) is 14.4. The van der Waals surface area contributed by atoms with Crippen molar-refractivity contribution >= 4 is 44.3 Å². The summed E-state index contributed by atoms with van der Waals surface area (Å²) in [7, 11) is 0. The first kappa shape index (κ1) is 15.8. The molecule has 6 heteroatoms. The van der Waals surface area contributed by atoms with Crippen molar-refractivity contribution in [2.45, 2.75) is 20.4 Å². The number of nitrogens with one attached hydrogen (secondary N) is 2. The van der Waals surface area contributed by atoms with Crippen LogP contribution in [0.3, 0.4) is 0 Å². The van der Waals surface area contributed by atoms with Crippen molar-refractivity contribution < 1.29 is 4.79 Å². The molecule has 1 aromatic heterocycles. The van der Waals surface area contributed by atoms with Gasteiger partial charge in [0.25, 0.3) is 0 Å². The van der Waals surface area contributed by atoms with Crippen LogP contribution in [0.5, 0.6) is 0 Å². The van der Waals surface area contributed by atoms with Gasteiger partial charge in [-0.2, -0.15) is 0 Å². The van der Waals surface area contributed by atoms with Crippen LogP contribution in [0, 0.1) is 13.8 Å². The van der Waals surface area contributed by atoms with Gasteiger partial charge in [0.2, 0.25) is 0 Å². The number of nitrogens with zero attached hydrogens (tertiary/aromatic N) is 1. The van der Waals surface area contributed by atoms with Crippen molar-refractivity contribution in [1.29, 1.82) is 0 Å². The van der Waals surface area contributed by atoms with Gasteiger partial charge in [-0.15, -0.1) is 0 Å². The van der Waals surface area contributed by atoms with Crippen LogP contribution in [-0.2, 0) is 6.54 Å². The van der Waals surface area contributed by atoms with Crippen LogP contribution >= 0.6 is 22.9 Å². The first-order chi connectivity index (χ1) is 11.0. The van der Waals surface area contributed by atoms with Gasteiger partial charge in [-0.05, 0) is 48.7 Å². The highest BCUT2D eigenvalue weighted by atomic mass is 35.5. The summed E-state index contributed by atoms with van der Waals surface area (Å²) in [5.41, 5.74) is 4.23. The van der Waals surface area contributed by atoms with E-state index in [9.17, 15) is 4.79 Å². The normalized spacial score (nSPS) is 10.7. The van der Waals surface area contributed by atoms with Gasteiger partial charge in [0.15, 0.2) is 5.13 Å². The Labute approximate surface area is 143 Å². The largest absolute Gasteiger partial charge is 0.334 e. The van der Waals surface area contributed by atoms with Gasteiger partial charge in [-0.1, -0.05) is 41.1 Å². The monoisotopic (exact) mass is 345 g/mol. The van der Waals surface area contributed by atoms with E-state index in [0.717, 1.165) is 21.3 Å². The SMILES string of the molecule is Cc1cc(C)c2nc(NC(=O)NCc3ccc(Cl)cc3)sc2c1. The third kappa shape index (κ3) is 3.81. The van der Waals surface area contributed by atoms with E-state index in [0.29, 0.717) is 16.7 Å². The van der Waals surface area contributed by atoms with E-state index in [-0.39, 0.29) is 6.03 Å². The Morgan fingerprint density at radius 1 is 1.22 bits per heavy atom. The molecule has 1 heterocycles. The van der Waals surface area contributed by atoms with E-state index in [1.807, 2.05) is 19.1 Å². The van der Waals surface area contributed by atoms with Crippen molar-refractivity contribution in [3.05, 3.63) is 58.1 Å². The summed E-state index contributed by atoms with van der Waals surface area (Å²) in [6.07, 6.45) is 0. The zero-order valence-electron chi connectivity index (χ0n) is 12.8. The Balaban J connectivity index is 1.65.